The summed E-state index contributed by atoms with van der Waals surface area (Å²) >= 11 is 6.00. The number of aromatic amines is 1. The Balaban J connectivity index is 2.34. The molecule has 1 heterocycles. The van der Waals surface area contributed by atoms with E-state index in [1.165, 1.54) is 17.4 Å². The van der Waals surface area contributed by atoms with Gasteiger partial charge in [0.1, 0.15) is 5.15 Å². The highest BCUT2D eigenvalue weighted by molar-refractivity contribution is 6.30. The van der Waals surface area contributed by atoms with Gasteiger partial charge in [-0.25, -0.2) is 4.79 Å². The number of hydrogen-bond acceptors (Lipinski definition) is 2. The van der Waals surface area contributed by atoms with Crippen molar-refractivity contribution in [3.8, 4) is 0 Å². The number of aromatic nitrogens is 2. The van der Waals surface area contributed by atoms with Crippen LogP contribution < -0.4 is 11.2 Å². The molecule has 1 saturated carbocycles. The zero-order valence-corrected chi connectivity index (χ0v) is 13.2. The molecule has 2 atom stereocenters. The van der Waals surface area contributed by atoms with Crippen molar-refractivity contribution in [2.75, 3.05) is 0 Å². The number of H-pyrrole nitrogens is 1. The quantitative estimate of drug-likeness (QED) is 0.872. The predicted octanol–water partition coefficient (Wildman–Crippen LogP) is 3.14. The van der Waals surface area contributed by atoms with Gasteiger partial charge in [0.25, 0.3) is 5.56 Å². The van der Waals surface area contributed by atoms with E-state index in [0.29, 0.717) is 23.9 Å². The molecule has 2 rings (SSSR count). The predicted molar refractivity (Wildman–Crippen MR) is 81.5 cm³/mol. The topological polar surface area (TPSA) is 54.9 Å². The highest BCUT2D eigenvalue weighted by atomic mass is 35.5. The molecule has 20 heavy (non-hydrogen) atoms. The number of rotatable bonds is 3. The van der Waals surface area contributed by atoms with E-state index in [9.17, 15) is 9.59 Å². The molecule has 1 aromatic rings. The monoisotopic (exact) mass is 298 g/mol. The molecular formula is C15H23ClN2O2. The minimum absolute atomic E-state index is 0.00313. The fourth-order valence-electron chi connectivity index (χ4n) is 3.21. The Labute approximate surface area is 124 Å². The van der Waals surface area contributed by atoms with Crippen molar-refractivity contribution in [1.29, 1.82) is 0 Å². The molecule has 1 N–H and O–H groups in total. The van der Waals surface area contributed by atoms with E-state index in [1.807, 2.05) is 13.8 Å². The highest BCUT2D eigenvalue weighted by Gasteiger charge is 2.22. The van der Waals surface area contributed by atoms with E-state index in [-0.39, 0.29) is 22.3 Å². The van der Waals surface area contributed by atoms with Crippen LogP contribution in [0, 0.1) is 11.8 Å². The molecule has 1 fully saturated rings. The van der Waals surface area contributed by atoms with Gasteiger partial charge in [-0.15, -0.1) is 0 Å². The molecule has 0 aromatic carbocycles. The SMILES string of the molecule is CC1CCCC(Cn2c(=O)[nH]c(Cl)c(C(C)C)c2=O)C1. The van der Waals surface area contributed by atoms with Crippen molar-refractivity contribution in [3.63, 3.8) is 0 Å². The van der Waals surface area contributed by atoms with Crippen molar-refractivity contribution >= 4 is 11.6 Å². The summed E-state index contributed by atoms with van der Waals surface area (Å²) in [4.78, 5) is 27.1. The van der Waals surface area contributed by atoms with Gasteiger partial charge in [-0.2, -0.15) is 0 Å². The fraction of sp³-hybridized carbons (Fsp3) is 0.733. The lowest BCUT2D eigenvalue weighted by Crippen LogP contribution is -2.40. The van der Waals surface area contributed by atoms with Gasteiger partial charge in [0.05, 0.1) is 5.56 Å². The van der Waals surface area contributed by atoms with Gasteiger partial charge in [-0.1, -0.05) is 45.2 Å². The first-order valence-corrected chi connectivity index (χ1v) is 7.80. The maximum atomic E-state index is 12.5. The fourth-order valence-corrected chi connectivity index (χ4v) is 3.59. The van der Waals surface area contributed by atoms with Crippen molar-refractivity contribution in [3.05, 3.63) is 31.6 Å². The molecule has 112 valence electrons. The first-order valence-electron chi connectivity index (χ1n) is 7.42. The number of halogens is 1. The summed E-state index contributed by atoms with van der Waals surface area (Å²) in [5.41, 5.74) is -0.107. The van der Waals surface area contributed by atoms with Gasteiger partial charge in [0.15, 0.2) is 0 Å². The Bertz CT molecular complexity index is 589. The van der Waals surface area contributed by atoms with E-state index in [0.717, 1.165) is 12.8 Å². The van der Waals surface area contributed by atoms with E-state index < -0.39 is 0 Å². The van der Waals surface area contributed by atoms with E-state index in [1.54, 1.807) is 0 Å². The molecule has 5 heteroatoms. The van der Waals surface area contributed by atoms with Crippen LogP contribution in [0.2, 0.25) is 5.15 Å². The molecule has 0 spiro atoms. The summed E-state index contributed by atoms with van der Waals surface area (Å²) < 4.78 is 1.34. The molecular weight excluding hydrogens is 276 g/mol. The van der Waals surface area contributed by atoms with Crippen LogP contribution in [0.25, 0.3) is 0 Å². The smallest absolute Gasteiger partial charge is 0.297 e. The standard InChI is InChI=1S/C15H23ClN2O2/c1-9(2)12-13(16)17-15(20)18(14(12)19)8-11-6-4-5-10(3)7-11/h9-11H,4-8H2,1-3H3,(H,17,20). The lowest BCUT2D eigenvalue weighted by Gasteiger charge is -2.27. The first-order chi connectivity index (χ1) is 9.40. The average molecular weight is 299 g/mol. The average Bonchev–Trinajstić information content (AvgIpc) is 2.33. The lowest BCUT2D eigenvalue weighted by atomic mass is 9.82. The number of nitrogens with one attached hydrogen (secondary N) is 1. The molecule has 1 aliphatic rings. The van der Waals surface area contributed by atoms with Crippen LogP contribution in [0.15, 0.2) is 9.59 Å². The van der Waals surface area contributed by atoms with Crippen molar-refractivity contribution in [2.24, 2.45) is 11.8 Å². The van der Waals surface area contributed by atoms with Gasteiger partial charge in [0, 0.05) is 6.54 Å². The third-order valence-electron chi connectivity index (χ3n) is 4.24. The van der Waals surface area contributed by atoms with Crippen LogP contribution in [0.4, 0.5) is 0 Å². The molecule has 0 saturated heterocycles. The zero-order valence-electron chi connectivity index (χ0n) is 12.4. The van der Waals surface area contributed by atoms with E-state index in [4.69, 9.17) is 11.6 Å². The summed E-state index contributed by atoms with van der Waals surface area (Å²) in [5, 5.41) is 0.184. The highest BCUT2D eigenvalue weighted by Crippen LogP contribution is 2.29. The second-order valence-electron chi connectivity index (χ2n) is 6.37. The summed E-state index contributed by atoms with van der Waals surface area (Å²) in [6.45, 7) is 6.57. The molecule has 4 nitrogen and oxygen atoms in total. The van der Waals surface area contributed by atoms with Crippen LogP contribution in [-0.4, -0.2) is 9.55 Å². The number of hydrogen-bond donors (Lipinski definition) is 1. The molecule has 0 aliphatic heterocycles. The minimum atomic E-state index is -0.386. The third-order valence-corrected chi connectivity index (χ3v) is 4.54. The Morgan fingerprint density at radius 1 is 1.35 bits per heavy atom. The second-order valence-corrected chi connectivity index (χ2v) is 6.74. The zero-order chi connectivity index (χ0) is 14.9. The third kappa shape index (κ3) is 3.17. The van der Waals surface area contributed by atoms with Crippen molar-refractivity contribution in [2.45, 2.75) is 58.9 Å². The lowest BCUT2D eigenvalue weighted by molar-refractivity contribution is 0.252. The summed E-state index contributed by atoms with van der Waals surface area (Å²) in [7, 11) is 0. The van der Waals surface area contributed by atoms with Crippen LogP contribution in [0.3, 0.4) is 0 Å². The maximum absolute atomic E-state index is 12.5. The van der Waals surface area contributed by atoms with Gasteiger partial charge in [0.2, 0.25) is 0 Å². The first kappa shape index (κ1) is 15.4. The maximum Gasteiger partial charge on any atom is 0.329 e. The molecule has 0 radical (unpaired) electrons. The van der Waals surface area contributed by atoms with Crippen LogP contribution >= 0.6 is 11.6 Å². The van der Waals surface area contributed by atoms with Crippen LogP contribution in [0.1, 0.15) is 57.9 Å². The molecule has 1 aromatic heterocycles. The van der Waals surface area contributed by atoms with Gasteiger partial charge in [-0.3, -0.25) is 14.3 Å². The largest absolute Gasteiger partial charge is 0.329 e. The van der Waals surface area contributed by atoms with Gasteiger partial charge >= 0.3 is 5.69 Å². The molecule has 1 aliphatic carbocycles. The summed E-state index contributed by atoms with van der Waals surface area (Å²) in [6, 6.07) is 0. The second kappa shape index (κ2) is 6.17. The van der Waals surface area contributed by atoms with Gasteiger partial charge < -0.3 is 0 Å². The van der Waals surface area contributed by atoms with Crippen molar-refractivity contribution < 1.29 is 0 Å². The Morgan fingerprint density at radius 2 is 2.05 bits per heavy atom. The van der Waals surface area contributed by atoms with Crippen LogP contribution in [-0.2, 0) is 6.54 Å². The summed E-state index contributed by atoms with van der Waals surface area (Å²) in [6.07, 6.45) is 4.62. The molecule has 0 amide bonds. The molecule has 2 unspecified atom stereocenters. The normalized spacial score (nSPS) is 23.2. The molecule has 0 bridgehead atoms. The Kier molecular flexibility index (Phi) is 4.74. The minimum Gasteiger partial charge on any atom is -0.297 e. The number of nitrogens with zero attached hydrogens (tertiary/aromatic N) is 1. The Morgan fingerprint density at radius 3 is 2.65 bits per heavy atom. The van der Waals surface area contributed by atoms with E-state index >= 15 is 0 Å². The Hall–Kier alpha value is -1.03. The summed E-state index contributed by atoms with van der Waals surface area (Å²) in [5.74, 6) is 1.10. The van der Waals surface area contributed by atoms with Crippen LogP contribution in [0.5, 0.6) is 0 Å². The van der Waals surface area contributed by atoms with Gasteiger partial charge in [-0.05, 0) is 30.6 Å². The van der Waals surface area contributed by atoms with Crippen molar-refractivity contribution in [1.82, 2.24) is 9.55 Å². The van der Waals surface area contributed by atoms with E-state index in [2.05, 4.69) is 11.9 Å².